The number of fused-ring (bicyclic) bond motifs is 1. The third kappa shape index (κ3) is 9.27. The number of anilines is 2. The molecule has 4 rings (SSSR count). The number of rotatable bonds is 9. The number of H-pyrrole nitrogens is 1. The first-order valence-corrected chi connectivity index (χ1v) is 12.5. The van der Waals surface area contributed by atoms with E-state index in [9.17, 15) is 38.0 Å². The topological polar surface area (TPSA) is 254 Å². The predicted octanol–water partition coefficient (Wildman–Crippen LogP) is -8.00. The Morgan fingerprint density at radius 1 is 1.12 bits per heavy atom. The van der Waals surface area contributed by atoms with Crippen molar-refractivity contribution in [2.45, 2.75) is 16.7 Å². The fourth-order valence-corrected chi connectivity index (χ4v) is 4.44. The van der Waals surface area contributed by atoms with Gasteiger partial charge in [-0.15, -0.1) is 10.2 Å². The molecule has 0 bridgehead atoms. The van der Waals surface area contributed by atoms with Crippen LogP contribution in [0.15, 0.2) is 67.3 Å². The second-order valence-electron chi connectivity index (χ2n) is 7.51. The number of nitrogens with one attached hydrogen (secondary N) is 2. The summed E-state index contributed by atoms with van der Waals surface area (Å²) in [5, 5.41) is 46.5. The normalized spacial score (nSPS) is 10.9. The van der Waals surface area contributed by atoms with E-state index in [-0.39, 0.29) is 151 Å². The van der Waals surface area contributed by atoms with Crippen molar-refractivity contribution >= 4 is 61.9 Å². The molecule has 42 heavy (non-hydrogen) atoms. The molecule has 0 unspecified atom stereocenters. The van der Waals surface area contributed by atoms with Gasteiger partial charge in [0.25, 0.3) is 0 Å². The molecular formula is C21H13N6Na3O10S2. The Hall–Kier alpha value is -1.46. The van der Waals surface area contributed by atoms with Gasteiger partial charge in [-0.05, 0) is 36.6 Å². The first kappa shape index (κ1) is 38.6. The third-order valence-electron chi connectivity index (χ3n) is 4.96. The van der Waals surface area contributed by atoms with Crippen LogP contribution in [0.5, 0.6) is 5.75 Å². The molecule has 202 valence electrons. The molecular weight excluding hydrogens is 629 g/mol. The molecule has 16 nitrogen and oxygen atoms in total. The quantitative estimate of drug-likeness (QED) is 0.0383. The molecule has 3 aromatic carbocycles. The van der Waals surface area contributed by atoms with E-state index in [0.29, 0.717) is 0 Å². The molecule has 0 saturated carbocycles. The predicted molar refractivity (Wildman–Crippen MR) is 127 cm³/mol. The number of phenols is 1. The molecule has 0 aliphatic heterocycles. The average molecular weight is 642 g/mol. The molecule has 3 N–H and O–H groups in total. The Labute approximate surface area is 307 Å². The summed E-state index contributed by atoms with van der Waals surface area (Å²) in [6.45, 7) is 1.45. The molecule has 0 spiro atoms. The summed E-state index contributed by atoms with van der Waals surface area (Å²) < 4.78 is 39.8. The number of phenolic OH excluding ortho intramolecular Hbond substituents is 1. The molecule has 0 saturated heterocycles. The van der Waals surface area contributed by atoms with Crippen LogP contribution in [0, 0.1) is 6.92 Å². The van der Waals surface area contributed by atoms with Gasteiger partial charge in [0.1, 0.15) is 21.6 Å². The number of benzene rings is 3. The number of carbonyl (C=O) groups is 1. The molecule has 0 amide bonds. The number of aromatic amines is 1. The van der Waals surface area contributed by atoms with Crippen LogP contribution in [0.1, 0.15) is 16.2 Å². The summed E-state index contributed by atoms with van der Waals surface area (Å²) in [5.74, 6) is -2.38. The van der Waals surface area contributed by atoms with E-state index in [4.69, 9.17) is 0 Å². The van der Waals surface area contributed by atoms with E-state index >= 15 is 0 Å². The smallest absolute Gasteiger partial charge is 0.744 e. The number of aromatic hydroxyl groups is 1. The zero-order valence-corrected chi connectivity index (χ0v) is 29.9. The largest absolute Gasteiger partial charge is 1.00 e. The maximum Gasteiger partial charge on any atom is 1.00 e. The van der Waals surface area contributed by atoms with Crippen molar-refractivity contribution in [3.63, 3.8) is 0 Å². The van der Waals surface area contributed by atoms with Crippen molar-refractivity contribution < 1.29 is 131 Å². The Balaban J connectivity index is 0.00000294. The number of hydrogen-bond donors (Lipinski definition) is 3. The van der Waals surface area contributed by atoms with Crippen LogP contribution in [0.2, 0.25) is 0 Å². The van der Waals surface area contributed by atoms with Crippen LogP contribution in [0.3, 0.4) is 0 Å². The number of carboxylic acids is 1. The van der Waals surface area contributed by atoms with Gasteiger partial charge in [0.15, 0.2) is 5.75 Å². The Morgan fingerprint density at radius 3 is 2.43 bits per heavy atom. The van der Waals surface area contributed by atoms with Crippen molar-refractivity contribution in [2.75, 3.05) is 5.32 Å². The zero-order valence-electron chi connectivity index (χ0n) is 22.3. The molecule has 0 fully saturated rings. The Bertz CT molecular complexity index is 1810. The monoisotopic (exact) mass is 642 g/mol. The van der Waals surface area contributed by atoms with Gasteiger partial charge >= 0.3 is 94.4 Å². The summed E-state index contributed by atoms with van der Waals surface area (Å²) in [5.41, 5.74) is -1.85. The van der Waals surface area contributed by atoms with E-state index < -0.39 is 32.4 Å². The Kier molecular flexibility index (Phi) is 15.2. The van der Waals surface area contributed by atoms with Crippen LogP contribution < -0.4 is 110 Å². The minimum atomic E-state index is -5.03. The van der Waals surface area contributed by atoms with E-state index in [1.165, 1.54) is 37.3 Å². The minimum absolute atomic E-state index is 0. The molecule has 0 aliphatic rings. The van der Waals surface area contributed by atoms with Gasteiger partial charge < -0.3 is 30.1 Å². The van der Waals surface area contributed by atoms with Gasteiger partial charge in [0.2, 0.25) is 5.95 Å². The molecule has 21 heteroatoms. The van der Waals surface area contributed by atoms with E-state index in [2.05, 4.69) is 39.9 Å². The number of carbonyl (C=O) groups excluding carboxylic acids is 1. The summed E-state index contributed by atoms with van der Waals surface area (Å²) in [6, 6.07) is 8.41. The van der Waals surface area contributed by atoms with Crippen molar-refractivity contribution in [3.8, 4) is 5.75 Å². The molecule has 0 aliphatic carbocycles. The van der Waals surface area contributed by atoms with Gasteiger partial charge in [-0.1, -0.05) is 18.2 Å². The second-order valence-corrected chi connectivity index (χ2v) is 9.63. The molecule has 0 atom stereocenters. The average Bonchev–Trinajstić information content (AvgIpc) is 2.85. The molecule has 4 aromatic rings. The van der Waals surface area contributed by atoms with E-state index in [1.54, 1.807) is 0 Å². The van der Waals surface area contributed by atoms with Crippen LogP contribution >= 0.6 is 12.0 Å². The standard InChI is InChI=1S/C21H16N6O10S2.3Na/c1-9-22-20(25-21(31)23-9)24-14-8-11(39(33,34)35)6-10-7-15(38-37-36-32)17(18(28)16(10)14)27-26-13-5-3-2-4-12(13)19(29)30;;;/h2-8,28,32H,1H3,(H,29,30)(H,33,34,35)(H2,22,23,24,25,31);;;/q;3*+1/p-3. The van der Waals surface area contributed by atoms with Crippen LogP contribution in [0.25, 0.3) is 10.8 Å². The second kappa shape index (κ2) is 16.6. The summed E-state index contributed by atoms with van der Waals surface area (Å²) >= 11 is 0.254. The van der Waals surface area contributed by atoms with Gasteiger partial charge in [0.05, 0.1) is 39.2 Å². The first-order chi connectivity index (χ1) is 18.5. The molecule has 1 heterocycles. The summed E-state index contributed by atoms with van der Waals surface area (Å²) in [6.07, 6.45) is 0. The number of nitrogens with zero attached hydrogens (tertiary/aromatic N) is 4. The maximum atomic E-state index is 11.8. The number of carboxylic acid groups (broad SMARTS) is 1. The van der Waals surface area contributed by atoms with E-state index in [1.807, 2.05) is 0 Å². The third-order valence-corrected chi connectivity index (χ3v) is 6.39. The number of aromatic carboxylic acids is 1. The Morgan fingerprint density at radius 2 is 1.81 bits per heavy atom. The summed E-state index contributed by atoms with van der Waals surface area (Å²) in [7, 11) is -5.03. The fourth-order valence-electron chi connectivity index (χ4n) is 3.42. The van der Waals surface area contributed by atoms with Crippen molar-refractivity contribution in [1.82, 2.24) is 15.0 Å². The minimum Gasteiger partial charge on any atom is -0.744 e. The zero-order chi connectivity index (χ0) is 28.3. The van der Waals surface area contributed by atoms with E-state index in [0.717, 1.165) is 12.1 Å². The van der Waals surface area contributed by atoms with Gasteiger partial charge in [-0.3, -0.25) is 10.0 Å². The SMILES string of the molecule is Cc1nc(Nc2cc(S(=O)(=O)[O-])cc3cc(SOO[O-])c(N=Nc4ccccc4C(=O)[O-])c(O)c23)nc(=O)[nH]1.[Na+].[Na+].[Na+]. The first-order valence-electron chi connectivity index (χ1n) is 10.3. The fraction of sp³-hybridized carbons (Fsp3) is 0.0476. The molecule has 1 aromatic heterocycles. The van der Waals surface area contributed by atoms with Crippen LogP contribution in [-0.4, -0.2) is 39.0 Å². The summed E-state index contributed by atoms with van der Waals surface area (Å²) in [4.78, 5) is 32.2. The van der Waals surface area contributed by atoms with Gasteiger partial charge in [-0.25, -0.2) is 13.2 Å². The number of aryl methyl sites for hydroxylation is 1. The molecule has 0 radical (unpaired) electrons. The van der Waals surface area contributed by atoms with Crippen molar-refractivity contribution in [3.05, 3.63) is 64.3 Å². The van der Waals surface area contributed by atoms with Crippen molar-refractivity contribution in [2.24, 2.45) is 10.2 Å². The number of aromatic nitrogens is 3. The van der Waals surface area contributed by atoms with Crippen molar-refractivity contribution in [1.29, 1.82) is 0 Å². The van der Waals surface area contributed by atoms with Crippen LogP contribution in [0.4, 0.5) is 23.0 Å². The van der Waals surface area contributed by atoms with Gasteiger partial charge in [0, 0.05) is 10.9 Å². The maximum absolute atomic E-state index is 11.8. The number of azo groups is 1. The van der Waals surface area contributed by atoms with Gasteiger partial charge in [-0.2, -0.15) is 14.3 Å². The van der Waals surface area contributed by atoms with Crippen LogP contribution in [-0.2, 0) is 19.5 Å². The number of hydrogen-bond acceptors (Lipinski definition) is 16.